The zero-order valence-electron chi connectivity index (χ0n) is 11.2. The number of ether oxygens (including phenoxy) is 2. The summed E-state index contributed by atoms with van der Waals surface area (Å²) in [6, 6.07) is 5.72. The third-order valence-corrected chi connectivity index (χ3v) is 3.84. The Kier molecular flexibility index (Phi) is 3.92. The smallest absolute Gasteiger partial charge is 0.162 e. The fraction of sp³-hybridized carbons (Fsp3) is 0.214. The number of nitrogen functional groups attached to an aromatic ring is 1. The Bertz CT molecular complexity index is 678. The van der Waals surface area contributed by atoms with E-state index in [1.165, 1.54) is 18.0 Å². The molecule has 0 unspecified atom stereocenters. The van der Waals surface area contributed by atoms with Crippen LogP contribution in [0.5, 0.6) is 11.5 Å². The van der Waals surface area contributed by atoms with Gasteiger partial charge in [0.05, 0.1) is 13.2 Å². The van der Waals surface area contributed by atoms with E-state index in [-0.39, 0.29) is 5.84 Å². The highest BCUT2D eigenvalue weighted by Gasteiger charge is 2.14. The van der Waals surface area contributed by atoms with Crippen molar-refractivity contribution in [2.45, 2.75) is 16.3 Å². The van der Waals surface area contributed by atoms with Crippen LogP contribution in [0.2, 0.25) is 0 Å². The molecule has 7 heteroatoms. The molecule has 1 aliphatic rings. The first-order valence-electron chi connectivity index (χ1n) is 6.47. The van der Waals surface area contributed by atoms with Crippen LogP contribution in [0, 0.1) is 5.41 Å². The van der Waals surface area contributed by atoms with E-state index in [0.717, 1.165) is 22.8 Å². The Morgan fingerprint density at radius 3 is 2.71 bits per heavy atom. The van der Waals surface area contributed by atoms with Crippen molar-refractivity contribution in [2.75, 3.05) is 13.2 Å². The van der Waals surface area contributed by atoms with E-state index >= 15 is 0 Å². The van der Waals surface area contributed by atoms with Gasteiger partial charge < -0.3 is 15.2 Å². The topological polar surface area (TPSA) is 94.1 Å². The monoisotopic (exact) mass is 302 g/mol. The molecule has 3 N–H and O–H groups in total. The molecule has 0 bridgehead atoms. The van der Waals surface area contributed by atoms with Crippen molar-refractivity contribution in [2.24, 2.45) is 5.73 Å². The van der Waals surface area contributed by atoms with Gasteiger partial charge in [-0.05, 0) is 18.2 Å². The lowest BCUT2D eigenvalue weighted by Gasteiger charge is -2.09. The predicted octanol–water partition coefficient (Wildman–Crippen LogP) is 2.07. The second-order valence-electron chi connectivity index (χ2n) is 4.38. The van der Waals surface area contributed by atoms with E-state index in [1.54, 1.807) is 6.20 Å². The molecular formula is C14H14N4O2S. The first kappa shape index (κ1) is 13.7. The minimum Gasteiger partial charge on any atom is -0.490 e. The molecule has 108 valence electrons. The van der Waals surface area contributed by atoms with Gasteiger partial charge in [-0.25, -0.2) is 9.97 Å². The summed E-state index contributed by atoms with van der Waals surface area (Å²) in [4.78, 5) is 9.25. The molecule has 0 aliphatic carbocycles. The number of benzene rings is 1. The second kappa shape index (κ2) is 6.01. The van der Waals surface area contributed by atoms with Gasteiger partial charge in [-0.2, -0.15) is 0 Å². The number of fused-ring (bicyclic) bond motifs is 1. The van der Waals surface area contributed by atoms with Crippen molar-refractivity contribution in [3.63, 3.8) is 0 Å². The number of hydrogen-bond donors (Lipinski definition) is 2. The molecular weight excluding hydrogens is 288 g/mol. The Morgan fingerprint density at radius 2 is 1.90 bits per heavy atom. The molecule has 2 aromatic rings. The van der Waals surface area contributed by atoms with Crippen molar-refractivity contribution < 1.29 is 9.47 Å². The first-order valence-corrected chi connectivity index (χ1v) is 7.28. The molecule has 21 heavy (non-hydrogen) atoms. The first-order chi connectivity index (χ1) is 10.2. The molecule has 0 radical (unpaired) electrons. The standard InChI is InChI=1S/C14H14N4O2S/c15-13(16)12-14(18-5-4-17-12)21-9-2-3-10-11(8-9)20-7-1-6-19-10/h2-5,8H,1,6-7H2,(H3,15,16). The van der Waals surface area contributed by atoms with E-state index < -0.39 is 0 Å². The van der Waals surface area contributed by atoms with E-state index in [2.05, 4.69) is 9.97 Å². The summed E-state index contributed by atoms with van der Waals surface area (Å²) >= 11 is 1.39. The maximum Gasteiger partial charge on any atom is 0.162 e. The molecule has 2 heterocycles. The van der Waals surface area contributed by atoms with Crippen LogP contribution in [-0.2, 0) is 0 Å². The molecule has 1 aromatic heterocycles. The van der Waals surface area contributed by atoms with Crippen LogP contribution in [0.4, 0.5) is 0 Å². The molecule has 0 fully saturated rings. The van der Waals surface area contributed by atoms with Crippen molar-refractivity contribution in [3.8, 4) is 11.5 Å². The van der Waals surface area contributed by atoms with Gasteiger partial charge in [-0.15, -0.1) is 0 Å². The largest absolute Gasteiger partial charge is 0.490 e. The van der Waals surface area contributed by atoms with E-state index in [1.807, 2.05) is 18.2 Å². The molecule has 1 aliphatic heterocycles. The molecule has 0 saturated carbocycles. The number of nitrogens with zero attached hydrogens (tertiary/aromatic N) is 2. The van der Waals surface area contributed by atoms with E-state index in [9.17, 15) is 0 Å². The third kappa shape index (κ3) is 3.08. The number of amidine groups is 1. The average Bonchev–Trinajstić information content (AvgIpc) is 2.72. The van der Waals surface area contributed by atoms with Gasteiger partial charge in [0, 0.05) is 23.7 Å². The summed E-state index contributed by atoms with van der Waals surface area (Å²) in [6.45, 7) is 1.31. The Morgan fingerprint density at radius 1 is 1.14 bits per heavy atom. The highest BCUT2D eigenvalue weighted by molar-refractivity contribution is 7.99. The SMILES string of the molecule is N=C(N)c1nccnc1Sc1ccc2c(c1)OCCCO2. The maximum absolute atomic E-state index is 7.54. The number of hydrogen-bond acceptors (Lipinski definition) is 6. The number of nitrogens with two attached hydrogens (primary N) is 1. The quantitative estimate of drug-likeness (QED) is 0.666. The zero-order chi connectivity index (χ0) is 14.7. The highest BCUT2D eigenvalue weighted by Crippen LogP contribution is 2.36. The van der Waals surface area contributed by atoms with Gasteiger partial charge in [-0.3, -0.25) is 5.41 Å². The molecule has 0 amide bonds. The summed E-state index contributed by atoms with van der Waals surface area (Å²) in [5.74, 6) is 1.38. The van der Waals surface area contributed by atoms with E-state index in [4.69, 9.17) is 20.6 Å². The summed E-state index contributed by atoms with van der Waals surface area (Å²) in [6.07, 6.45) is 3.97. The van der Waals surface area contributed by atoms with Crippen LogP contribution in [-0.4, -0.2) is 29.0 Å². The van der Waals surface area contributed by atoms with Crippen molar-refractivity contribution in [3.05, 3.63) is 36.3 Å². The Hall–Kier alpha value is -2.28. The summed E-state index contributed by atoms with van der Waals surface area (Å²) in [5.41, 5.74) is 5.91. The normalized spacial score (nSPS) is 13.5. The highest BCUT2D eigenvalue weighted by atomic mass is 32.2. The molecule has 0 saturated heterocycles. The average molecular weight is 302 g/mol. The Balaban J connectivity index is 1.89. The number of aromatic nitrogens is 2. The third-order valence-electron chi connectivity index (χ3n) is 2.85. The van der Waals surface area contributed by atoms with Crippen molar-refractivity contribution >= 4 is 17.6 Å². The van der Waals surface area contributed by atoms with Crippen LogP contribution in [0.25, 0.3) is 0 Å². The summed E-state index contributed by atoms with van der Waals surface area (Å²) in [5, 5.41) is 8.14. The second-order valence-corrected chi connectivity index (χ2v) is 5.45. The van der Waals surface area contributed by atoms with E-state index in [0.29, 0.717) is 23.9 Å². The molecule has 0 atom stereocenters. The number of rotatable bonds is 3. The minimum atomic E-state index is -0.0973. The van der Waals surface area contributed by atoms with Gasteiger partial charge in [0.1, 0.15) is 16.6 Å². The van der Waals surface area contributed by atoms with Crippen LogP contribution < -0.4 is 15.2 Å². The van der Waals surface area contributed by atoms with Gasteiger partial charge in [-0.1, -0.05) is 11.8 Å². The summed E-state index contributed by atoms with van der Waals surface area (Å²) < 4.78 is 11.3. The summed E-state index contributed by atoms with van der Waals surface area (Å²) in [7, 11) is 0. The number of nitrogens with one attached hydrogen (secondary N) is 1. The lowest BCUT2D eigenvalue weighted by atomic mass is 10.3. The van der Waals surface area contributed by atoms with Crippen LogP contribution in [0.15, 0.2) is 40.5 Å². The zero-order valence-corrected chi connectivity index (χ0v) is 12.0. The fourth-order valence-electron chi connectivity index (χ4n) is 1.90. The lowest BCUT2D eigenvalue weighted by molar-refractivity contribution is 0.297. The Labute approximate surface area is 126 Å². The van der Waals surface area contributed by atoms with Crippen molar-refractivity contribution in [1.82, 2.24) is 9.97 Å². The molecule has 0 spiro atoms. The van der Waals surface area contributed by atoms with Gasteiger partial charge in [0.25, 0.3) is 0 Å². The van der Waals surface area contributed by atoms with Crippen LogP contribution in [0.1, 0.15) is 12.1 Å². The van der Waals surface area contributed by atoms with Gasteiger partial charge in [0.2, 0.25) is 0 Å². The molecule has 1 aromatic carbocycles. The minimum absolute atomic E-state index is 0.0973. The maximum atomic E-state index is 7.54. The van der Waals surface area contributed by atoms with Gasteiger partial charge >= 0.3 is 0 Å². The van der Waals surface area contributed by atoms with Crippen molar-refractivity contribution in [1.29, 1.82) is 5.41 Å². The van der Waals surface area contributed by atoms with Crippen LogP contribution >= 0.6 is 11.8 Å². The molecule has 3 rings (SSSR count). The molecule has 6 nitrogen and oxygen atoms in total. The lowest BCUT2D eigenvalue weighted by Crippen LogP contribution is -2.14. The van der Waals surface area contributed by atoms with Crippen LogP contribution in [0.3, 0.4) is 0 Å². The van der Waals surface area contributed by atoms with Gasteiger partial charge in [0.15, 0.2) is 11.5 Å². The fourth-order valence-corrected chi connectivity index (χ4v) is 2.80. The predicted molar refractivity (Wildman–Crippen MR) is 79.2 cm³/mol.